The lowest BCUT2D eigenvalue weighted by atomic mass is 10.2. The molecule has 2 heterocycles. The maximum absolute atomic E-state index is 5.76. The first-order valence-electron chi connectivity index (χ1n) is 4.27. The van der Waals surface area contributed by atoms with Crippen LogP contribution < -0.4 is 5.32 Å². The summed E-state index contributed by atoms with van der Waals surface area (Å²) in [6, 6.07) is 0.400. The summed E-state index contributed by atoms with van der Waals surface area (Å²) in [6.07, 6.45) is 0.460. The summed E-state index contributed by atoms with van der Waals surface area (Å²) in [5.74, 6) is -0.391. The van der Waals surface area contributed by atoms with Crippen molar-refractivity contribution in [2.75, 3.05) is 11.9 Å². The van der Waals surface area contributed by atoms with Crippen LogP contribution in [0.1, 0.15) is 13.8 Å². The first-order valence-corrected chi connectivity index (χ1v) is 5.39. The van der Waals surface area contributed by atoms with Gasteiger partial charge in [-0.15, -0.1) is 0 Å². The Kier molecular flexibility index (Phi) is 2.19. The lowest BCUT2D eigenvalue weighted by Crippen LogP contribution is -2.36. The molecule has 0 aliphatic carbocycles. The molecule has 3 atom stereocenters. The van der Waals surface area contributed by atoms with Crippen LogP contribution in [0.4, 0.5) is 0 Å². The third-order valence-corrected chi connectivity index (χ3v) is 3.06. The molecule has 4 heteroatoms. The Hall–Kier alpha value is 0.360. The van der Waals surface area contributed by atoms with Gasteiger partial charge in [0.2, 0.25) is 0 Å². The molecule has 2 aliphatic heterocycles. The number of alkyl halides is 1. The van der Waals surface area contributed by atoms with Crippen LogP contribution in [0.2, 0.25) is 0 Å². The van der Waals surface area contributed by atoms with Crippen molar-refractivity contribution in [3.8, 4) is 0 Å². The van der Waals surface area contributed by atoms with E-state index in [1.54, 1.807) is 0 Å². The molecule has 2 rings (SSSR count). The summed E-state index contributed by atoms with van der Waals surface area (Å²) < 4.78 is 11.5. The third kappa shape index (κ3) is 1.41. The summed E-state index contributed by atoms with van der Waals surface area (Å²) >= 11 is 3.45. The number of hydrogen-bond acceptors (Lipinski definition) is 3. The normalized spacial score (nSPS) is 44.8. The second kappa shape index (κ2) is 2.94. The molecule has 2 aliphatic rings. The average molecular weight is 236 g/mol. The minimum absolute atomic E-state index is 0.222. The molecule has 2 saturated heterocycles. The molecule has 70 valence electrons. The predicted octanol–water partition coefficient (Wildman–Crippen LogP) is 0.873. The van der Waals surface area contributed by atoms with E-state index >= 15 is 0 Å². The quantitative estimate of drug-likeness (QED) is 0.685. The van der Waals surface area contributed by atoms with Gasteiger partial charge in [-0.25, -0.2) is 0 Å². The first-order chi connectivity index (χ1) is 5.62. The zero-order valence-electron chi connectivity index (χ0n) is 7.34. The smallest absolute Gasteiger partial charge is 0.163 e. The summed E-state index contributed by atoms with van der Waals surface area (Å²) in [5, 5.41) is 4.27. The summed E-state index contributed by atoms with van der Waals surface area (Å²) in [5.41, 5.74) is 0. The molecule has 0 radical (unpaired) electrons. The Balaban J connectivity index is 2.06. The molecule has 0 bridgehead atoms. The number of nitrogens with one attached hydrogen (secondary N) is 1. The van der Waals surface area contributed by atoms with E-state index in [2.05, 4.69) is 21.2 Å². The van der Waals surface area contributed by atoms with Gasteiger partial charge in [0.1, 0.15) is 12.2 Å². The average Bonchev–Trinajstić information content (AvgIpc) is 2.42. The van der Waals surface area contributed by atoms with Gasteiger partial charge < -0.3 is 14.8 Å². The van der Waals surface area contributed by atoms with Crippen molar-refractivity contribution in [3.05, 3.63) is 0 Å². The maximum atomic E-state index is 5.76. The second-order valence-corrected chi connectivity index (χ2v) is 4.46. The lowest BCUT2D eigenvalue weighted by molar-refractivity contribution is -0.152. The van der Waals surface area contributed by atoms with Gasteiger partial charge in [-0.1, -0.05) is 15.9 Å². The minimum atomic E-state index is -0.391. The van der Waals surface area contributed by atoms with E-state index in [1.165, 1.54) is 0 Å². The van der Waals surface area contributed by atoms with E-state index in [0.717, 1.165) is 11.9 Å². The van der Waals surface area contributed by atoms with Crippen molar-refractivity contribution >= 4 is 15.9 Å². The molecule has 0 unspecified atom stereocenters. The van der Waals surface area contributed by atoms with Gasteiger partial charge in [0.15, 0.2) is 5.79 Å². The highest BCUT2D eigenvalue weighted by Crippen LogP contribution is 2.32. The van der Waals surface area contributed by atoms with Crippen LogP contribution in [0.5, 0.6) is 0 Å². The van der Waals surface area contributed by atoms with E-state index < -0.39 is 5.79 Å². The highest BCUT2D eigenvalue weighted by atomic mass is 79.9. The number of ether oxygens (including phenoxy) is 2. The van der Waals surface area contributed by atoms with Crippen LogP contribution in [0.15, 0.2) is 0 Å². The van der Waals surface area contributed by atoms with Crippen LogP contribution in [0.25, 0.3) is 0 Å². The summed E-state index contributed by atoms with van der Waals surface area (Å²) in [7, 11) is 0. The third-order valence-electron chi connectivity index (χ3n) is 2.37. The van der Waals surface area contributed by atoms with Crippen molar-refractivity contribution in [1.82, 2.24) is 5.32 Å². The molecular formula is C8H14BrNO2. The zero-order chi connectivity index (χ0) is 8.77. The number of hydrogen-bond donors (Lipinski definition) is 1. The van der Waals surface area contributed by atoms with Crippen LogP contribution in [0, 0.1) is 0 Å². The van der Waals surface area contributed by atoms with Crippen molar-refractivity contribution < 1.29 is 9.47 Å². The molecule has 0 spiro atoms. The van der Waals surface area contributed by atoms with Gasteiger partial charge in [-0.05, 0) is 13.8 Å². The number of fused-ring (bicyclic) bond motifs is 1. The van der Waals surface area contributed by atoms with Crippen LogP contribution in [-0.2, 0) is 9.47 Å². The van der Waals surface area contributed by atoms with Crippen LogP contribution >= 0.6 is 15.9 Å². The van der Waals surface area contributed by atoms with Gasteiger partial charge in [0.05, 0.1) is 0 Å². The van der Waals surface area contributed by atoms with Crippen molar-refractivity contribution in [2.45, 2.75) is 37.9 Å². The van der Waals surface area contributed by atoms with Crippen LogP contribution in [-0.4, -0.2) is 35.9 Å². The molecule has 0 aromatic heterocycles. The van der Waals surface area contributed by atoms with Crippen molar-refractivity contribution in [1.29, 1.82) is 0 Å². The van der Waals surface area contributed by atoms with E-state index in [-0.39, 0.29) is 12.2 Å². The fourth-order valence-corrected chi connectivity index (χ4v) is 2.49. The largest absolute Gasteiger partial charge is 0.343 e. The van der Waals surface area contributed by atoms with Gasteiger partial charge in [0.25, 0.3) is 0 Å². The van der Waals surface area contributed by atoms with Gasteiger partial charge in [-0.3, -0.25) is 0 Å². The van der Waals surface area contributed by atoms with Crippen molar-refractivity contribution in [3.63, 3.8) is 0 Å². The highest BCUT2D eigenvalue weighted by molar-refractivity contribution is 9.09. The molecule has 3 nitrogen and oxygen atoms in total. The molecular weight excluding hydrogens is 222 g/mol. The molecule has 2 fully saturated rings. The van der Waals surface area contributed by atoms with Gasteiger partial charge in [0, 0.05) is 17.9 Å². The molecule has 0 aromatic carbocycles. The Morgan fingerprint density at radius 2 is 2.25 bits per heavy atom. The van der Waals surface area contributed by atoms with Gasteiger partial charge in [-0.2, -0.15) is 0 Å². The standard InChI is InChI=1S/C8H14BrNO2/c1-8(2)11-6-4-10-5(3-9)7(6)12-8/h5-7,10H,3-4H2,1-2H3/t5-,6-,7+/m1/s1. The Morgan fingerprint density at radius 1 is 1.50 bits per heavy atom. The fraction of sp³-hybridized carbons (Fsp3) is 1.00. The molecule has 12 heavy (non-hydrogen) atoms. The fourth-order valence-electron chi connectivity index (χ4n) is 1.89. The molecule has 0 amide bonds. The predicted molar refractivity (Wildman–Crippen MR) is 49.4 cm³/mol. The highest BCUT2D eigenvalue weighted by Gasteiger charge is 2.48. The number of halogens is 1. The lowest BCUT2D eigenvalue weighted by Gasteiger charge is -2.20. The number of rotatable bonds is 1. The van der Waals surface area contributed by atoms with E-state index in [1.807, 2.05) is 13.8 Å². The summed E-state index contributed by atoms with van der Waals surface area (Å²) in [4.78, 5) is 0. The first kappa shape index (κ1) is 8.94. The Morgan fingerprint density at radius 3 is 2.92 bits per heavy atom. The van der Waals surface area contributed by atoms with E-state index in [0.29, 0.717) is 6.04 Å². The SMILES string of the molecule is CC1(C)O[C@H]2[C@@H](CBr)NC[C@H]2O1. The molecule has 0 saturated carbocycles. The monoisotopic (exact) mass is 235 g/mol. The Labute approximate surface area is 80.9 Å². The summed E-state index contributed by atoms with van der Waals surface area (Å²) in [6.45, 7) is 4.84. The topological polar surface area (TPSA) is 30.5 Å². The van der Waals surface area contributed by atoms with E-state index in [4.69, 9.17) is 9.47 Å². The Bertz CT molecular complexity index is 186. The molecule has 0 aromatic rings. The maximum Gasteiger partial charge on any atom is 0.163 e. The van der Waals surface area contributed by atoms with Crippen molar-refractivity contribution in [2.24, 2.45) is 0 Å². The second-order valence-electron chi connectivity index (χ2n) is 3.81. The zero-order valence-corrected chi connectivity index (χ0v) is 8.93. The van der Waals surface area contributed by atoms with E-state index in [9.17, 15) is 0 Å². The molecule has 1 N–H and O–H groups in total. The minimum Gasteiger partial charge on any atom is -0.343 e. The van der Waals surface area contributed by atoms with Gasteiger partial charge >= 0.3 is 0 Å². The van der Waals surface area contributed by atoms with Crippen LogP contribution in [0.3, 0.4) is 0 Å².